The third-order valence-corrected chi connectivity index (χ3v) is 6.52. The number of nitriles is 1. The number of aromatic nitrogens is 2. The molecule has 0 saturated carbocycles. The number of benzene rings is 1. The predicted molar refractivity (Wildman–Crippen MR) is 134 cm³/mol. The maximum atomic E-state index is 12.7. The molecule has 33 heavy (non-hydrogen) atoms. The van der Waals surface area contributed by atoms with Crippen LogP contribution < -0.4 is 0 Å². The lowest BCUT2D eigenvalue weighted by atomic mass is 9.96. The van der Waals surface area contributed by atoms with E-state index in [9.17, 15) is 10.1 Å². The zero-order valence-corrected chi connectivity index (χ0v) is 21.1. The Bertz CT molecular complexity index is 983. The SMILES string of the molecule is CCN(CC)C(=O)C1CCCN(CCCc2cc(-c3ccc(C)c(C)c3)nc(C#N)n2)C1.Cl. The first-order valence-electron chi connectivity index (χ1n) is 11.8. The maximum Gasteiger partial charge on any atom is 0.232 e. The van der Waals surface area contributed by atoms with Crippen LogP contribution in [0.1, 0.15) is 55.8 Å². The van der Waals surface area contributed by atoms with Crippen LogP contribution in [-0.4, -0.2) is 58.4 Å². The number of aryl methyl sites for hydroxylation is 3. The largest absolute Gasteiger partial charge is 0.343 e. The van der Waals surface area contributed by atoms with E-state index in [0.29, 0.717) is 5.91 Å². The third kappa shape index (κ3) is 6.99. The monoisotopic (exact) mass is 469 g/mol. The number of piperidine rings is 1. The Labute approximate surface area is 204 Å². The second-order valence-electron chi connectivity index (χ2n) is 8.73. The number of carbonyl (C=O) groups is 1. The predicted octanol–water partition coefficient (Wildman–Crippen LogP) is 4.57. The lowest BCUT2D eigenvalue weighted by Crippen LogP contribution is -2.45. The zero-order valence-electron chi connectivity index (χ0n) is 20.3. The summed E-state index contributed by atoms with van der Waals surface area (Å²) >= 11 is 0. The summed E-state index contributed by atoms with van der Waals surface area (Å²) in [6.45, 7) is 12.7. The third-order valence-electron chi connectivity index (χ3n) is 6.52. The highest BCUT2D eigenvalue weighted by atomic mass is 35.5. The fraction of sp³-hybridized carbons (Fsp3) is 0.538. The van der Waals surface area contributed by atoms with Crippen LogP contribution >= 0.6 is 12.4 Å². The Morgan fingerprint density at radius 3 is 2.61 bits per heavy atom. The van der Waals surface area contributed by atoms with Crippen LogP contribution in [0.2, 0.25) is 0 Å². The Kier molecular flexibility index (Phi) is 10.3. The summed E-state index contributed by atoms with van der Waals surface area (Å²) in [6.07, 6.45) is 3.80. The van der Waals surface area contributed by atoms with Gasteiger partial charge in [0.15, 0.2) is 0 Å². The lowest BCUT2D eigenvalue weighted by Gasteiger charge is -2.34. The molecule has 1 atom stereocenters. The van der Waals surface area contributed by atoms with Gasteiger partial charge in [-0.1, -0.05) is 12.1 Å². The van der Waals surface area contributed by atoms with E-state index < -0.39 is 0 Å². The van der Waals surface area contributed by atoms with E-state index in [2.05, 4.69) is 53.0 Å². The zero-order chi connectivity index (χ0) is 23.1. The average molecular weight is 470 g/mol. The van der Waals surface area contributed by atoms with E-state index in [1.165, 1.54) is 11.1 Å². The van der Waals surface area contributed by atoms with Crippen molar-refractivity contribution in [3.8, 4) is 17.3 Å². The van der Waals surface area contributed by atoms with E-state index >= 15 is 0 Å². The van der Waals surface area contributed by atoms with Gasteiger partial charge in [-0.05, 0) is 89.7 Å². The van der Waals surface area contributed by atoms with Crippen LogP contribution in [0.15, 0.2) is 24.3 Å². The minimum absolute atomic E-state index is 0. The number of hydrogen-bond acceptors (Lipinski definition) is 5. The van der Waals surface area contributed by atoms with Gasteiger partial charge in [-0.3, -0.25) is 4.79 Å². The highest BCUT2D eigenvalue weighted by molar-refractivity contribution is 5.85. The number of rotatable bonds is 8. The number of hydrogen-bond donors (Lipinski definition) is 0. The summed E-state index contributed by atoms with van der Waals surface area (Å²) in [6, 6.07) is 10.4. The van der Waals surface area contributed by atoms with E-state index in [-0.39, 0.29) is 24.1 Å². The van der Waals surface area contributed by atoms with Crippen LogP contribution in [0, 0.1) is 31.1 Å². The molecule has 0 spiro atoms. The standard InChI is InChI=1S/C26H35N5O.ClH/c1-5-31(6-2)26(32)22-9-7-13-30(18-22)14-8-10-23-16-24(29-25(17-27)28-23)21-12-11-19(3)20(4)15-21;/h11-12,15-16,22H,5-10,13-14,18H2,1-4H3;1H. The molecular weight excluding hydrogens is 434 g/mol. The van der Waals surface area contributed by atoms with Crippen molar-refractivity contribution in [1.82, 2.24) is 19.8 Å². The molecule has 1 aliphatic heterocycles. The molecule has 1 fully saturated rings. The molecule has 1 aromatic carbocycles. The van der Waals surface area contributed by atoms with Crippen LogP contribution in [0.3, 0.4) is 0 Å². The Hall–Kier alpha value is -2.49. The molecule has 6 nitrogen and oxygen atoms in total. The Morgan fingerprint density at radius 2 is 1.94 bits per heavy atom. The normalized spacial score (nSPS) is 16.0. The van der Waals surface area contributed by atoms with Gasteiger partial charge in [-0.25, -0.2) is 9.97 Å². The summed E-state index contributed by atoms with van der Waals surface area (Å²) in [5.41, 5.74) is 5.17. The minimum atomic E-state index is 0. The van der Waals surface area contributed by atoms with Crippen molar-refractivity contribution < 1.29 is 4.79 Å². The van der Waals surface area contributed by atoms with E-state index in [1.807, 2.05) is 24.8 Å². The molecule has 2 heterocycles. The smallest absolute Gasteiger partial charge is 0.232 e. The average Bonchev–Trinajstić information content (AvgIpc) is 2.81. The molecular formula is C26H36ClN5O. The number of nitrogens with zero attached hydrogens (tertiary/aromatic N) is 5. The van der Waals surface area contributed by atoms with Gasteiger partial charge >= 0.3 is 0 Å². The molecule has 1 aromatic heterocycles. The van der Waals surface area contributed by atoms with Crippen molar-refractivity contribution in [3.63, 3.8) is 0 Å². The number of halogens is 1. The van der Waals surface area contributed by atoms with Crippen LogP contribution in [0.4, 0.5) is 0 Å². The molecule has 1 amide bonds. The number of likely N-dealkylation sites (tertiary alicyclic amines) is 1. The summed E-state index contributed by atoms with van der Waals surface area (Å²) in [4.78, 5) is 26.0. The van der Waals surface area contributed by atoms with Gasteiger partial charge in [-0.2, -0.15) is 5.26 Å². The highest BCUT2D eigenvalue weighted by Crippen LogP contribution is 2.22. The minimum Gasteiger partial charge on any atom is -0.343 e. The first-order valence-corrected chi connectivity index (χ1v) is 11.8. The number of amides is 1. The Morgan fingerprint density at radius 1 is 1.18 bits per heavy atom. The van der Waals surface area contributed by atoms with Crippen molar-refractivity contribution in [2.45, 2.75) is 53.4 Å². The lowest BCUT2D eigenvalue weighted by molar-refractivity contribution is -0.137. The van der Waals surface area contributed by atoms with E-state index in [4.69, 9.17) is 0 Å². The fourth-order valence-electron chi connectivity index (χ4n) is 4.46. The second kappa shape index (κ2) is 12.7. The molecule has 7 heteroatoms. The van der Waals surface area contributed by atoms with Gasteiger partial charge in [0.1, 0.15) is 6.07 Å². The molecule has 2 aromatic rings. The van der Waals surface area contributed by atoms with Crippen LogP contribution in [0.5, 0.6) is 0 Å². The van der Waals surface area contributed by atoms with Crippen molar-refractivity contribution in [1.29, 1.82) is 5.26 Å². The van der Waals surface area contributed by atoms with Crippen molar-refractivity contribution in [3.05, 3.63) is 46.9 Å². The molecule has 0 bridgehead atoms. The summed E-state index contributed by atoms with van der Waals surface area (Å²) in [5, 5.41) is 9.41. The summed E-state index contributed by atoms with van der Waals surface area (Å²) in [7, 11) is 0. The second-order valence-corrected chi connectivity index (χ2v) is 8.73. The van der Waals surface area contributed by atoms with E-state index in [0.717, 1.165) is 75.4 Å². The van der Waals surface area contributed by atoms with Gasteiger partial charge in [0.05, 0.1) is 11.6 Å². The van der Waals surface area contributed by atoms with Gasteiger partial charge in [0, 0.05) is 30.9 Å². The van der Waals surface area contributed by atoms with E-state index in [1.54, 1.807) is 0 Å². The molecule has 3 rings (SSSR count). The quantitative estimate of drug-likeness (QED) is 0.566. The fourth-order valence-corrected chi connectivity index (χ4v) is 4.46. The molecule has 0 radical (unpaired) electrons. The Balaban J connectivity index is 0.00000385. The summed E-state index contributed by atoms with van der Waals surface area (Å²) in [5.74, 6) is 0.634. The molecule has 0 N–H and O–H groups in total. The van der Waals surface area contributed by atoms with Crippen LogP contribution in [0.25, 0.3) is 11.3 Å². The molecule has 1 saturated heterocycles. The molecule has 0 aliphatic carbocycles. The maximum absolute atomic E-state index is 12.7. The number of carbonyl (C=O) groups excluding carboxylic acids is 1. The van der Waals surface area contributed by atoms with Gasteiger partial charge < -0.3 is 9.80 Å². The van der Waals surface area contributed by atoms with Crippen molar-refractivity contribution >= 4 is 18.3 Å². The van der Waals surface area contributed by atoms with Crippen molar-refractivity contribution in [2.75, 3.05) is 32.7 Å². The first-order chi connectivity index (χ1) is 15.4. The highest BCUT2D eigenvalue weighted by Gasteiger charge is 2.28. The summed E-state index contributed by atoms with van der Waals surface area (Å²) < 4.78 is 0. The van der Waals surface area contributed by atoms with Gasteiger partial charge in [0.2, 0.25) is 11.7 Å². The molecule has 1 aliphatic rings. The topological polar surface area (TPSA) is 73.1 Å². The molecule has 1 unspecified atom stereocenters. The first kappa shape index (κ1) is 26.8. The van der Waals surface area contributed by atoms with Crippen molar-refractivity contribution in [2.24, 2.45) is 5.92 Å². The van der Waals surface area contributed by atoms with Gasteiger partial charge in [0.25, 0.3) is 0 Å². The van der Waals surface area contributed by atoms with Gasteiger partial charge in [-0.15, -0.1) is 12.4 Å². The molecule has 178 valence electrons. The van der Waals surface area contributed by atoms with Crippen LogP contribution in [-0.2, 0) is 11.2 Å².